The van der Waals surface area contributed by atoms with E-state index in [4.69, 9.17) is 9.57 Å². The third-order valence-corrected chi connectivity index (χ3v) is 2.08. The average Bonchev–Trinajstić information content (AvgIpc) is 2.34. The maximum Gasteiger partial charge on any atom is 0.281 e. The van der Waals surface area contributed by atoms with Crippen LogP contribution in [0.25, 0.3) is 0 Å². The lowest BCUT2D eigenvalue weighted by Crippen LogP contribution is -2.42. The maximum atomic E-state index is 5.35. The van der Waals surface area contributed by atoms with Crippen LogP contribution in [0.15, 0.2) is 5.16 Å². The molecule has 0 unspecified atom stereocenters. The molecule has 3 heteroatoms. The van der Waals surface area contributed by atoms with Crippen LogP contribution in [0.3, 0.4) is 0 Å². The van der Waals surface area contributed by atoms with Crippen molar-refractivity contribution in [2.45, 2.75) is 33.5 Å². The summed E-state index contributed by atoms with van der Waals surface area (Å²) in [5, 5.41) is 3.63. The van der Waals surface area contributed by atoms with E-state index in [1.807, 2.05) is 0 Å². The van der Waals surface area contributed by atoms with Crippen LogP contribution in [0.2, 0.25) is 0 Å². The van der Waals surface area contributed by atoms with Gasteiger partial charge in [0.05, 0.1) is 0 Å². The van der Waals surface area contributed by atoms with E-state index in [-0.39, 0.29) is 0 Å². The van der Waals surface area contributed by atoms with Crippen LogP contribution in [-0.4, -0.2) is 12.2 Å². The van der Waals surface area contributed by atoms with Crippen LogP contribution in [-0.2, 0) is 9.57 Å². The van der Waals surface area contributed by atoms with Crippen molar-refractivity contribution in [2.75, 3.05) is 0 Å². The van der Waals surface area contributed by atoms with Crippen molar-refractivity contribution in [1.82, 2.24) is 0 Å². The molecule has 0 radical (unpaired) electrons. The maximum absolute atomic E-state index is 5.35. The van der Waals surface area contributed by atoms with E-state index < -0.39 is 5.79 Å². The molecule has 64 valence electrons. The van der Waals surface area contributed by atoms with E-state index in [2.05, 4.69) is 32.9 Å². The van der Waals surface area contributed by atoms with Gasteiger partial charge in [0.15, 0.2) is 0 Å². The van der Waals surface area contributed by atoms with Gasteiger partial charge in [0, 0.05) is 11.8 Å². The van der Waals surface area contributed by atoms with Crippen molar-refractivity contribution in [3.05, 3.63) is 0 Å². The first-order chi connectivity index (χ1) is 5.09. The van der Waals surface area contributed by atoms with Gasteiger partial charge in [-0.25, -0.2) is 0 Å². The van der Waals surface area contributed by atoms with E-state index in [0.717, 1.165) is 0 Å². The molecule has 1 aliphatic heterocycles. The third-order valence-electron chi connectivity index (χ3n) is 2.08. The molecule has 0 amide bonds. The minimum atomic E-state index is -0.528. The number of oxime groups is 1. The lowest BCUT2D eigenvalue weighted by molar-refractivity contribution is -0.216. The summed E-state index contributed by atoms with van der Waals surface area (Å²) in [4.78, 5) is 5.21. The molecule has 0 saturated heterocycles. The zero-order valence-corrected chi connectivity index (χ0v) is 7.50. The summed E-state index contributed by atoms with van der Waals surface area (Å²) in [5.74, 6) is 0.0926. The SMILES string of the molecule is CC(C)C1(C(C)C)OC=NO1. The van der Waals surface area contributed by atoms with Gasteiger partial charge in [0.2, 0.25) is 6.40 Å². The largest absolute Gasteiger partial charge is 0.436 e. The first-order valence-electron chi connectivity index (χ1n) is 3.97. The highest BCUT2D eigenvalue weighted by Crippen LogP contribution is 2.33. The number of rotatable bonds is 2. The van der Waals surface area contributed by atoms with Crippen LogP contribution in [0, 0.1) is 11.8 Å². The molecular formula is C8H15NO2. The van der Waals surface area contributed by atoms with Crippen molar-refractivity contribution in [1.29, 1.82) is 0 Å². The molecule has 0 spiro atoms. The summed E-state index contributed by atoms with van der Waals surface area (Å²) in [6, 6.07) is 0. The molecule has 1 heterocycles. The minimum Gasteiger partial charge on any atom is -0.436 e. The number of hydrogen-bond donors (Lipinski definition) is 0. The molecule has 0 aromatic carbocycles. The van der Waals surface area contributed by atoms with Crippen LogP contribution in [0.5, 0.6) is 0 Å². The first-order valence-corrected chi connectivity index (χ1v) is 3.97. The van der Waals surface area contributed by atoms with Crippen molar-refractivity contribution < 1.29 is 9.57 Å². The van der Waals surface area contributed by atoms with Gasteiger partial charge in [-0.1, -0.05) is 32.9 Å². The Morgan fingerprint density at radius 1 is 1.18 bits per heavy atom. The molecular weight excluding hydrogens is 142 g/mol. The summed E-state index contributed by atoms with van der Waals surface area (Å²) in [6.07, 6.45) is 1.38. The summed E-state index contributed by atoms with van der Waals surface area (Å²) in [7, 11) is 0. The molecule has 0 aromatic rings. The van der Waals surface area contributed by atoms with Gasteiger partial charge in [0.1, 0.15) is 0 Å². The fraction of sp³-hybridized carbons (Fsp3) is 0.875. The summed E-state index contributed by atoms with van der Waals surface area (Å²) in [6.45, 7) is 8.26. The van der Waals surface area contributed by atoms with Gasteiger partial charge in [0.25, 0.3) is 5.79 Å². The van der Waals surface area contributed by atoms with Gasteiger partial charge in [-0.15, -0.1) is 0 Å². The van der Waals surface area contributed by atoms with E-state index >= 15 is 0 Å². The lowest BCUT2D eigenvalue weighted by Gasteiger charge is -2.32. The second-order valence-corrected chi connectivity index (χ2v) is 3.45. The predicted molar refractivity (Wildman–Crippen MR) is 43.1 cm³/mol. The molecule has 3 nitrogen and oxygen atoms in total. The van der Waals surface area contributed by atoms with Crippen LogP contribution < -0.4 is 0 Å². The van der Waals surface area contributed by atoms with Crippen LogP contribution >= 0.6 is 0 Å². The van der Waals surface area contributed by atoms with Gasteiger partial charge in [-0.05, 0) is 0 Å². The molecule has 0 aliphatic carbocycles. The second kappa shape index (κ2) is 2.72. The molecule has 0 saturated carbocycles. The fourth-order valence-corrected chi connectivity index (χ4v) is 1.38. The topological polar surface area (TPSA) is 30.8 Å². The summed E-state index contributed by atoms with van der Waals surface area (Å²) in [5.41, 5.74) is 0. The highest BCUT2D eigenvalue weighted by atomic mass is 16.8. The summed E-state index contributed by atoms with van der Waals surface area (Å²) >= 11 is 0. The van der Waals surface area contributed by atoms with Gasteiger partial charge >= 0.3 is 0 Å². The lowest BCUT2D eigenvalue weighted by atomic mass is 9.92. The van der Waals surface area contributed by atoms with Crippen LogP contribution in [0.1, 0.15) is 27.7 Å². The van der Waals surface area contributed by atoms with E-state index in [1.54, 1.807) is 0 Å². The van der Waals surface area contributed by atoms with Crippen molar-refractivity contribution in [3.63, 3.8) is 0 Å². The molecule has 11 heavy (non-hydrogen) atoms. The Morgan fingerprint density at radius 3 is 1.91 bits per heavy atom. The Labute approximate surface area is 67.4 Å². The Morgan fingerprint density at radius 2 is 1.73 bits per heavy atom. The van der Waals surface area contributed by atoms with Crippen molar-refractivity contribution in [2.24, 2.45) is 17.0 Å². The molecule has 0 N–H and O–H groups in total. The van der Waals surface area contributed by atoms with E-state index in [1.165, 1.54) is 6.40 Å². The fourth-order valence-electron chi connectivity index (χ4n) is 1.38. The number of hydrogen-bond acceptors (Lipinski definition) is 3. The molecule has 0 bridgehead atoms. The van der Waals surface area contributed by atoms with Gasteiger partial charge < -0.3 is 9.57 Å². The second-order valence-electron chi connectivity index (χ2n) is 3.45. The van der Waals surface area contributed by atoms with Crippen molar-refractivity contribution >= 4 is 6.40 Å². The molecule has 0 fully saturated rings. The highest BCUT2D eigenvalue weighted by molar-refractivity contribution is 5.47. The predicted octanol–water partition coefficient (Wildman–Crippen LogP) is 1.98. The Bertz CT molecular complexity index is 145. The van der Waals surface area contributed by atoms with Crippen LogP contribution in [0.4, 0.5) is 0 Å². The summed E-state index contributed by atoms with van der Waals surface area (Å²) < 4.78 is 5.35. The molecule has 0 atom stereocenters. The Balaban J connectivity index is 2.73. The zero-order valence-electron chi connectivity index (χ0n) is 7.50. The molecule has 0 aromatic heterocycles. The third kappa shape index (κ3) is 1.19. The van der Waals surface area contributed by atoms with Crippen molar-refractivity contribution in [3.8, 4) is 0 Å². The zero-order chi connectivity index (χ0) is 8.48. The van der Waals surface area contributed by atoms with E-state index in [9.17, 15) is 0 Å². The molecule has 1 rings (SSSR count). The Kier molecular flexibility index (Phi) is 2.07. The average molecular weight is 157 g/mol. The van der Waals surface area contributed by atoms with E-state index in [0.29, 0.717) is 11.8 Å². The highest BCUT2D eigenvalue weighted by Gasteiger charge is 2.44. The van der Waals surface area contributed by atoms with Gasteiger partial charge in [-0.2, -0.15) is 0 Å². The standard InChI is InChI=1S/C8H15NO2/c1-6(2)8(7(3)4)10-5-9-11-8/h5-7H,1-4H3. The quantitative estimate of drug-likeness (QED) is 0.613. The Hall–Kier alpha value is -0.730. The number of ether oxygens (including phenoxy) is 1. The monoisotopic (exact) mass is 157 g/mol. The minimum absolute atomic E-state index is 0.310. The molecule has 1 aliphatic rings. The smallest absolute Gasteiger partial charge is 0.281 e. The first kappa shape index (κ1) is 8.37. The van der Waals surface area contributed by atoms with Gasteiger partial charge in [-0.3, -0.25) is 0 Å². The normalized spacial score (nSPS) is 20.5. The number of nitrogens with zero attached hydrogens (tertiary/aromatic N) is 1.